The first-order chi connectivity index (χ1) is 4.36. The summed E-state index contributed by atoms with van der Waals surface area (Å²) < 4.78 is 0. The summed E-state index contributed by atoms with van der Waals surface area (Å²) in [5.41, 5.74) is 0. The van der Waals surface area contributed by atoms with Gasteiger partial charge in [0.2, 0.25) is 0 Å². The average molecular weight is 164 g/mol. The van der Waals surface area contributed by atoms with E-state index in [1.165, 1.54) is 12.8 Å². The molecule has 0 radical (unpaired) electrons. The van der Waals surface area contributed by atoms with Gasteiger partial charge in [-0.05, 0) is 25.2 Å². The number of aliphatic hydroxyl groups excluding tert-OH is 1. The highest BCUT2D eigenvalue weighted by molar-refractivity contribution is 5.85. The van der Waals surface area contributed by atoms with Crippen LogP contribution >= 0.6 is 12.4 Å². The van der Waals surface area contributed by atoms with E-state index >= 15 is 0 Å². The first-order valence-electron chi connectivity index (χ1n) is 3.78. The van der Waals surface area contributed by atoms with Crippen LogP contribution in [0.1, 0.15) is 19.3 Å². The third kappa shape index (κ3) is 1.29. The Bertz CT molecular complexity index is 112. The monoisotopic (exact) mass is 163 g/mol. The van der Waals surface area contributed by atoms with E-state index in [4.69, 9.17) is 0 Å². The van der Waals surface area contributed by atoms with Crippen LogP contribution in [0.4, 0.5) is 0 Å². The summed E-state index contributed by atoms with van der Waals surface area (Å²) in [6.07, 6.45) is 3.51. The second-order valence-electron chi connectivity index (χ2n) is 3.25. The Kier molecular flexibility index (Phi) is 2.55. The minimum atomic E-state index is 0. The van der Waals surface area contributed by atoms with Gasteiger partial charge in [0.25, 0.3) is 0 Å². The average Bonchev–Trinajstić information content (AvgIpc) is 1.90. The van der Waals surface area contributed by atoms with Gasteiger partial charge in [-0.25, -0.2) is 0 Å². The van der Waals surface area contributed by atoms with Crippen molar-refractivity contribution in [2.24, 2.45) is 5.92 Å². The molecule has 0 aromatic carbocycles. The Balaban J connectivity index is 0.000000500. The molecule has 3 rings (SSSR count). The van der Waals surface area contributed by atoms with Crippen molar-refractivity contribution in [2.45, 2.75) is 31.4 Å². The van der Waals surface area contributed by atoms with Crippen LogP contribution < -0.4 is 5.32 Å². The molecule has 0 spiro atoms. The van der Waals surface area contributed by atoms with Crippen LogP contribution in [0.2, 0.25) is 0 Å². The molecular weight excluding hydrogens is 150 g/mol. The highest BCUT2D eigenvalue weighted by Gasteiger charge is 2.33. The Morgan fingerprint density at radius 2 is 2.10 bits per heavy atom. The van der Waals surface area contributed by atoms with E-state index in [-0.39, 0.29) is 18.5 Å². The number of hydrogen-bond acceptors (Lipinski definition) is 2. The number of aliphatic hydroxyl groups is 1. The van der Waals surface area contributed by atoms with Gasteiger partial charge in [-0.15, -0.1) is 12.4 Å². The van der Waals surface area contributed by atoms with Gasteiger partial charge in [0.05, 0.1) is 6.10 Å². The first kappa shape index (κ1) is 8.31. The number of piperidine rings is 2. The number of nitrogens with one attached hydrogen (secondary N) is 1. The highest BCUT2D eigenvalue weighted by Crippen LogP contribution is 2.28. The lowest BCUT2D eigenvalue weighted by atomic mass is 9.79. The van der Waals surface area contributed by atoms with Crippen molar-refractivity contribution in [1.29, 1.82) is 0 Å². The second-order valence-corrected chi connectivity index (χ2v) is 3.25. The molecule has 2 heterocycles. The molecule has 2 nitrogen and oxygen atoms in total. The third-order valence-electron chi connectivity index (χ3n) is 2.62. The normalized spacial score (nSPS) is 44.7. The number of rotatable bonds is 0. The van der Waals surface area contributed by atoms with Gasteiger partial charge in [0.1, 0.15) is 0 Å². The number of fused-ring (bicyclic) bond motifs is 3. The maximum Gasteiger partial charge on any atom is 0.0595 e. The quantitative estimate of drug-likeness (QED) is 0.547. The fourth-order valence-electron chi connectivity index (χ4n) is 1.95. The summed E-state index contributed by atoms with van der Waals surface area (Å²) in [5, 5.41) is 12.7. The molecule has 2 aliphatic heterocycles. The van der Waals surface area contributed by atoms with Gasteiger partial charge in [-0.3, -0.25) is 0 Å². The lowest BCUT2D eigenvalue weighted by Crippen LogP contribution is -2.51. The van der Waals surface area contributed by atoms with Crippen molar-refractivity contribution in [3.63, 3.8) is 0 Å². The molecule has 3 fully saturated rings. The van der Waals surface area contributed by atoms with Crippen molar-refractivity contribution < 1.29 is 5.11 Å². The van der Waals surface area contributed by atoms with Crippen LogP contribution in [0.25, 0.3) is 0 Å². The summed E-state index contributed by atoms with van der Waals surface area (Å²) in [7, 11) is 0. The van der Waals surface area contributed by atoms with Gasteiger partial charge in [0.15, 0.2) is 0 Å². The first-order valence-corrected chi connectivity index (χ1v) is 3.78. The zero-order valence-corrected chi connectivity index (χ0v) is 6.73. The Hall–Kier alpha value is 0.210. The van der Waals surface area contributed by atoms with Crippen LogP contribution in [0, 0.1) is 5.92 Å². The van der Waals surface area contributed by atoms with Crippen LogP contribution in [-0.2, 0) is 0 Å². The lowest BCUT2D eigenvalue weighted by molar-refractivity contribution is 0.0228. The van der Waals surface area contributed by atoms with E-state index in [0.29, 0.717) is 12.0 Å². The summed E-state index contributed by atoms with van der Waals surface area (Å²) in [6, 6.07) is 0.630. The zero-order chi connectivity index (χ0) is 6.27. The molecule has 2 saturated heterocycles. The summed E-state index contributed by atoms with van der Waals surface area (Å²) in [5.74, 6) is 0.565. The molecule has 1 aliphatic carbocycles. The maximum absolute atomic E-state index is 9.36. The van der Waals surface area contributed by atoms with Crippen LogP contribution in [0.5, 0.6) is 0 Å². The van der Waals surface area contributed by atoms with Gasteiger partial charge < -0.3 is 10.4 Å². The van der Waals surface area contributed by atoms with E-state index in [1.807, 2.05) is 0 Å². The van der Waals surface area contributed by atoms with E-state index < -0.39 is 0 Å². The number of halogens is 1. The smallest absolute Gasteiger partial charge is 0.0595 e. The summed E-state index contributed by atoms with van der Waals surface area (Å²) >= 11 is 0. The molecule has 3 atom stereocenters. The van der Waals surface area contributed by atoms with E-state index in [1.54, 1.807) is 0 Å². The van der Waals surface area contributed by atoms with Gasteiger partial charge in [-0.2, -0.15) is 0 Å². The van der Waals surface area contributed by atoms with Crippen molar-refractivity contribution in [1.82, 2.24) is 5.32 Å². The Labute approximate surface area is 67.4 Å². The van der Waals surface area contributed by atoms with E-state index in [0.717, 1.165) is 13.0 Å². The molecule has 0 aromatic rings. The molecule has 0 amide bonds. The van der Waals surface area contributed by atoms with Gasteiger partial charge >= 0.3 is 0 Å². The minimum absolute atomic E-state index is 0. The van der Waals surface area contributed by atoms with Crippen LogP contribution in [-0.4, -0.2) is 23.8 Å². The second kappa shape index (κ2) is 3.07. The van der Waals surface area contributed by atoms with Crippen molar-refractivity contribution in [3.8, 4) is 0 Å². The van der Waals surface area contributed by atoms with Crippen molar-refractivity contribution >= 4 is 12.4 Å². The molecule has 2 bridgehead atoms. The molecule has 10 heavy (non-hydrogen) atoms. The molecule has 1 saturated carbocycles. The maximum atomic E-state index is 9.36. The number of hydrogen-bond donors (Lipinski definition) is 2. The SMILES string of the molecule is Cl.O[C@H]1CC2CC[C@@H]1CN2. The van der Waals surface area contributed by atoms with Gasteiger partial charge in [-0.1, -0.05) is 0 Å². The standard InChI is InChI=1S/C7H13NO.ClH/c9-7-3-6-2-1-5(7)4-8-6;/h5-9H,1-4H2;1H/t5-,6?,7+;/m1./s1. The van der Waals surface area contributed by atoms with Crippen molar-refractivity contribution in [3.05, 3.63) is 0 Å². The molecule has 0 aromatic heterocycles. The Morgan fingerprint density at radius 3 is 2.30 bits per heavy atom. The van der Waals surface area contributed by atoms with Crippen LogP contribution in [0.3, 0.4) is 0 Å². The molecule has 2 N–H and O–H groups in total. The summed E-state index contributed by atoms with van der Waals surface area (Å²) in [4.78, 5) is 0. The van der Waals surface area contributed by atoms with Gasteiger partial charge in [0, 0.05) is 12.6 Å². The van der Waals surface area contributed by atoms with Crippen LogP contribution in [0.15, 0.2) is 0 Å². The highest BCUT2D eigenvalue weighted by atomic mass is 35.5. The predicted octanol–water partition coefficient (Wildman–Crippen LogP) is 0.541. The predicted molar refractivity (Wildman–Crippen MR) is 42.4 cm³/mol. The molecule has 3 heteroatoms. The topological polar surface area (TPSA) is 32.3 Å². The fourth-order valence-corrected chi connectivity index (χ4v) is 1.95. The molecular formula is C7H14ClNO. The van der Waals surface area contributed by atoms with E-state index in [2.05, 4.69) is 5.32 Å². The zero-order valence-electron chi connectivity index (χ0n) is 5.92. The lowest BCUT2D eigenvalue weighted by Gasteiger charge is -2.40. The Morgan fingerprint density at radius 1 is 1.30 bits per heavy atom. The fraction of sp³-hybridized carbons (Fsp3) is 1.00. The molecule has 60 valence electrons. The molecule has 3 aliphatic rings. The third-order valence-corrected chi connectivity index (χ3v) is 2.62. The van der Waals surface area contributed by atoms with Crippen molar-refractivity contribution in [2.75, 3.05) is 6.54 Å². The molecule has 1 unspecified atom stereocenters. The summed E-state index contributed by atoms with van der Waals surface area (Å²) in [6.45, 7) is 1.05. The van der Waals surface area contributed by atoms with E-state index in [9.17, 15) is 5.11 Å². The largest absolute Gasteiger partial charge is 0.393 e. The minimum Gasteiger partial charge on any atom is -0.393 e.